The van der Waals surface area contributed by atoms with Crippen LogP contribution in [0.4, 0.5) is 0 Å². The Morgan fingerprint density at radius 2 is 1.79 bits per heavy atom. The number of hydrogen-bond donors (Lipinski definition) is 3. The van der Waals surface area contributed by atoms with Gasteiger partial charge in [0.25, 0.3) is 6.47 Å². The predicted molar refractivity (Wildman–Crippen MR) is 56.7 cm³/mol. The van der Waals surface area contributed by atoms with Crippen LogP contribution in [0, 0.1) is 0 Å². The molecule has 0 aliphatic carbocycles. The normalized spacial score (nSPS) is 9.50. The molecule has 0 aromatic carbocycles. The number of carboxylic acid groups (broad SMARTS) is 1. The third-order valence-corrected chi connectivity index (χ3v) is 0.931. The van der Waals surface area contributed by atoms with Gasteiger partial charge in [0.2, 0.25) is 5.91 Å². The van der Waals surface area contributed by atoms with Crippen molar-refractivity contribution < 1.29 is 14.7 Å². The van der Waals surface area contributed by atoms with Gasteiger partial charge in [-0.2, -0.15) is 0 Å². The van der Waals surface area contributed by atoms with Gasteiger partial charge in [0, 0.05) is 6.92 Å². The predicted octanol–water partition coefficient (Wildman–Crippen LogP) is 0.934. The minimum atomic E-state index is -0.250. The molecule has 0 fully saturated rings. The van der Waals surface area contributed by atoms with E-state index in [4.69, 9.17) is 15.6 Å². The topological polar surface area (TPSA) is 92.4 Å². The van der Waals surface area contributed by atoms with Crippen LogP contribution < -0.4 is 11.1 Å². The zero-order valence-corrected chi connectivity index (χ0v) is 9.41. The molecule has 1 atom stereocenters. The Labute approximate surface area is 85.7 Å². The van der Waals surface area contributed by atoms with Gasteiger partial charge < -0.3 is 16.2 Å². The van der Waals surface area contributed by atoms with Gasteiger partial charge in [0.15, 0.2) is 0 Å². The Bertz CT molecular complexity index is 125. The van der Waals surface area contributed by atoms with Crippen molar-refractivity contribution in [2.45, 2.75) is 46.7 Å². The fraction of sp³-hybridized carbons (Fsp3) is 0.778. The van der Waals surface area contributed by atoms with Crippen LogP contribution in [-0.4, -0.2) is 23.7 Å². The second-order valence-electron chi connectivity index (χ2n) is 2.59. The van der Waals surface area contributed by atoms with Crippen molar-refractivity contribution in [3.05, 3.63) is 0 Å². The van der Waals surface area contributed by atoms with Gasteiger partial charge in [-0.25, -0.2) is 0 Å². The number of hydrogen-bond acceptors (Lipinski definition) is 3. The summed E-state index contributed by atoms with van der Waals surface area (Å²) in [5.74, 6) is -0.0880. The van der Waals surface area contributed by atoms with Gasteiger partial charge in [0.05, 0.1) is 6.17 Å². The monoisotopic (exact) mass is 206 g/mol. The average Bonchev–Trinajstić information content (AvgIpc) is 2.04. The van der Waals surface area contributed by atoms with Crippen molar-refractivity contribution in [1.82, 2.24) is 5.32 Å². The van der Waals surface area contributed by atoms with Crippen LogP contribution in [0.15, 0.2) is 0 Å². The van der Waals surface area contributed by atoms with Crippen molar-refractivity contribution in [3.8, 4) is 0 Å². The zero-order valence-electron chi connectivity index (χ0n) is 9.41. The highest BCUT2D eigenvalue weighted by atomic mass is 16.3. The van der Waals surface area contributed by atoms with Crippen LogP contribution in [-0.2, 0) is 9.59 Å². The maximum Gasteiger partial charge on any atom is 0.290 e. The minimum absolute atomic E-state index is 0.0880. The van der Waals surface area contributed by atoms with E-state index in [9.17, 15) is 4.79 Å². The van der Waals surface area contributed by atoms with Crippen LogP contribution in [0.2, 0.25) is 0 Å². The molecule has 0 aliphatic heterocycles. The molecule has 1 amide bonds. The molecule has 0 saturated carbocycles. The maximum atomic E-state index is 10.1. The molecule has 0 rings (SSSR count). The summed E-state index contributed by atoms with van der Waals surface area (Å²) in [6.45, 7) is 7.25. The smallest absolute Gasteiger partial charge is 0.290 e. The van der Waals surface area contributed by atoms with E-state index < -0.39 is 0 Å². The molecule has 0 spiro atoms. The molecule has 0 aliphatic rings. The molecule has 14 heavy (non-hydrogen) atoms. The lowest BCUT2D eigenvalue weighted by Crippen LogP contribution is -2.37. The fourth-order valence-electron chi connectivity index (χ4n) is 0.321. The van der Waals surface area contributed by atoms with E-state index in [0.717, 1.165) is 0 Å². The van der Waals surface area contributed by atoms with Crippen LogP contribution in [0.25, 0.3) is 0 Å². The van der Waals surface area contributed by atoms with Crippen molar-refractivity contribution in [2.24, 2.45) is 5.73 Å². The lowest BCUT2D eigenvalue weighted by Gasteiger charge is -2.02. The third kappa shape index (κ3) is 70.2. The third-order valence-electron chi connectivity index (χ3n) is 0.931. The van der Waals surface area contributed by atoms with Crippen molar-refractivity contribution in [1.29, 1.82) is 0 Å². The average molecular weight is 206 g/mol. The molecule has 0 bridgehead atoms. The summed E-state index contributed by atoms with van der Waals surface area (Å²) < 4.78 is 0. The second-order valence-corrected chi connectivity index (χ2v) is 2.59. The highest BCUT2D eigenvalue weighted by molar-refractivity contribution is 5.72. The Kier molecular flexibility index (Phi) is 23.8. The van der Waals surface area contributed by atoms with Gasteiger partial charge >= 0.3 is 0 Å². The molecular formula is C9H22N2O3. The van der Waals surface area contributed by atoms with Crippen LogP contribution in [0.3, 0.4) is 0 Å². The molecule has 0 radical (unpaired) electrons. The summed E-state index contributed by atoms with van der Waals surface area (Å²) in [7, 11) is 0. The first-order valence-corrected chi connectivity index (χ1v) is 4.56. The van der Waals surface area contributed by atoms with Crippen molar-refractivity contribution >= 4 is 12.4 Å². The first-order chi connectivity index (χ1) is 6.45. The molecule has 0 aromatic heterocycles. The van der Waals surface area contributed by atoms with Crippen LogP contribution in [0.5, 0.6) is 0 Å². The maximum absolute atomic E-state index is 10.1. The molecular weight excluding hydrogens is 184 g/mol. The van der Waals surface area contributed by atoms with Crippen LogP contribution >= 0.6 is 0 Å². The summed E-state index contributed by atoms with van der Waals surface area (Å²) in [6, 6.07) is 0. The van der Waals surface area contributed by atoms with E-state index >= 15 is 0 Å². The highest BCUT2D eigenvalue weighted by Gasteiger charge is 1.91. The standard InChI is InChI=1S/C4H10N2O.C4H10.CH2O2/c1-3(5)6-4(2)7;1-3-4-2;2-1-3/h3H,5H2,1-2H3,(H,6,7);3-4H2,1-2H3;1H,(H,2,3). The Morgan fingerprint density at radius 1 is 1.50 bits per heavy atom. The summed E-state index contributed by atoms with van der Waals surface area (Å²) >= 11 is 0. The first-order valence-electron chi connectivity index (χ1n) is 4.56. The molecule has 1 unspecified atom stereocenters. The van der Waals surface area contributed by atoms with E-state index in [-0.39, 0.29) is 18.5 Å². The molecule has 0 aromatic rings. The van der Waals surface area contributed by atoms with E-state index in [1.165, 1.54) is 19.8 Å². The molecule has 0 heterocycles. The number of nitrogens with two attached hydrogens (primary N) is 1. The Morgan fingerprint density at radius 3 is 1.79 bits per heavy atom. The number of rotatable bonds is 2. The molecule has 5 heteroatoms. The quantitative estimate of drug-likeness (QED) is 0.463. The molecule has 86 valence electrons. The SMILES string of the molecule is CC(=O)NC(C)N.CCCC.O=CO. The summed E-state index contributed by atoms with van der Waals surface area (Å²) in [6.07, 6.45) is 2.41. The van der Waals surface area contributed by atoms with Gasteiger partial charge in [-0.05, 0) is 6.92 Å². The molecule has 5 nitrogen and oxygen atoms in total. The lowest BCUT2D eigenvalue weighted by atomic mass is 10.4. The van der Waals surface area contributed by atoms with Gasteiger partial charge in [-0.3, -0.25) is 9.59 Å². The van der Waals surface area contributed by atoms with Crippen LogP contribution in [0.1, 0.15) is 40.5 Å². The number of carbonyl (C=O) groups is 2. The van der Waals surface area contributed by atoms with Crippen molar-refractivity contribution in [2.75, 3.05) is 0 Å². The fourth-order valence-corrected chi connectivity index (χ4v) is 0.321. The number of nitrogens with one attached hydrogen (secondary N) is 1. The van der Waals surface area contributed by atoms with E-state index in [1.807, 2.05) is 0 Å². The van der Waals surface area contributed by atoms with E-state index in [0.29, 0.717) is 0 Å². The van der Waals surface area contributed by atoms with Gasteiger partial charge in [0.1, 0.15) is 0 Å². The highest BCUT2D eigenvalue weighted by Crippen LogP contribution is 1.76. The summed E-state index contributed by atoms with van der Waals surface area (Å²) in [4.78, 5) is 18.4. The zero-order chi connectivity index (χ0) is 12.0. The summed E-state index contributed by atoms with van der Waals surface area (Å²) in [5.41, 5.74) is 5.16. The lowest BCUT2D eigenvalue weighted by molar-refractivity contribution is -0.123. The largest absolute Gasteiger partial charge is 0.483 e. The van der Waals surface area contributed by atoms with E-state index in [1.54, 1.807) is 6.92 Å². The van der Waals surface area contributed by atoms with Gasteiger partial charge in [-0.1, -0.05) is 26.7 Å². The van der Waals surface area contributed by atoms with Gasteiger partial charge in [-0.15, -0.1) is 0 Å². The Hall–Kier alpha value is -1.10. The number of amides is 1. The molecule has 4 N–H and O–H groups in total. The second kappa shape index (κ2) is 17.8. The minimum Gasteiger partial charge on any atom is -0.483 e. The molecule has 0 saturated heterocycles. The Balaban J connectivity index is -0.000000147. The first kappa shape index (κ1) is 18.6. The van der Waals surface area contributed by atoms with Crippen molar-refractivity contribution in [3.63, 3.8) is 0 Å². The summed E-state index contributed by atoms with van der Waals surface area (Å²) in [5, 5.41) is 9.33. The number of unbranched alkanes of at least 4 members (excludes halogenated alkanes) is 1. The van der Waals surface area contributed by atoms with E-state index in [2.05, 4.69) is 19.2 Å². The number of carbonyl (C=O) groups excluding carboxylic acids is 1.